The Balaban J connectivity index is 2.09. The molecule has 0 aliphatic carbocycles. The maximum Gasteiger partial charge on any atom is 0.241 e. The molecule has 0 unspecified atom stereocenters. The van der Waals surface area contributed by atoms with Gasteiger partial charge in [0.25, 0.3) is 0 Å². The van der Waals surface area contributed by atoms with Gasteiger partial charge >= 0.3 is 0 Å². The molecule has 0 fully saturated rings. The van der Waals surface area contributed by atoms with E-state index in [9.17, 15) is 0 Å². The van der Waals surface area contributed by atoms with Crippen molar-refractivity contribution in [3.05, 3.63) is 38.6 Å². The van der Waals surface area contributed by atoms with Crippen molar-refractivity contribution in [2.75, 3.05) is 5.43 Å². The first-order valence-electron chi connectivity index (χ1n) is 5.62. The average Bonchev–Trinajstić information content (AvgIpc) is 2.93. The number of hydrazine groups is 1. The van der Waals surface area contributed by atoms with E-state index in [0.29, 0.717) is 26.7 Å². The third kappa shape index (κ3) is 2.86. The van der Waals surface area contributed by atoms with E-state index in [1.54, 1.807) is 0 Å². The molecule has 108 valence electrons. The van der Waals surface area contributed by atoms with Crippen LogP contribution in [0.1, 0.15) is 0 Å². The molecule has 3 rings (SSSR count). The van der Waals surface area contributed by atoms with E-state index in [-0.39, 0.29) is 5.95 Å². The molecule has 0 saturated carbocycles. The molecular formula is C12H7Cl3N4OS. The van der Waals surface area contributed by atoms with Crippen molar-refractivity contribution in [1.82, 2.24) is 9.97 Å². The van der Waals surface area contributed by atoms with Crippen LogP contribution in [0.4, 0.5) is 5.95 Å². The van der Waals surface area contributed by atoms with Crippen LogP contribution in [0, 0.1) is 0 Å². The van der Waals surface area contributed by atoms with E-state index in [1.807, 2.05) is 11.4 Å². The van der Waals surface area contributed by atoms with Gasteiger partial charge < -0.3 is 4.74 Å². The molecule has 1 aromatic carbocycles. The number of fused-ring (bicyclic) bond motifs is 1. The van der Waals surface area contributed by atoms with Crippen molar-refractivity contribution in [1.29, 1.82) is 0 Å². The fourth-order valence-corrected chi connectivity index (χ4v) is 2.99. The summed E-state index contributed by atoms with van der Waals surface area (Å²) in [5.74, 6) is 6.28. The zero-order valence-corrected chi connectivity index (χ0v) is 13.3. The molecule has 3 N–H and O–H groups in total. The smallest absolute Gasteiger partial charge is 0.241 e. The number of thiophene rings is 1. The summed E-state index contributed by atoms with van der Waals surface area (Å²) in [5.41, 5.74) is 2.39. The number of hydrogen-bond acceptors (Lipinski definition) is 6. The third-order valence-electron chi connectivity index (χ3n) is 2.60. The maximum atomic E-state index is 6.10. The Morgan fingerprint density at radius 3 is 2.62 bits per heavy atom. The highest BCUT2D eigenvalue weighted by Gasteiger charge is 2.14. The Bertz CT molecular complexity index is 824. The lowest BCUT2D eigenvalue weighted by Gasteiger charge is -2.10. The molecule has 3 aromatic rings. The maximum absolute atomic E-state index is 6.10. The van der Waals surface area contributed by atoms with Gasteiger partial charge in [-0.25, -0.2) is 10.8 Å². The van der Waals surface area contributed by atoms with Crippen LogP contribution in [0.15, 0.2) is 23.6 Å². The summed E-state index contributed by atoms with van der Waals surface area (Å²) in [6.07, 6.45) is 0. The van der Waals surface area contributed by atoms with Crippen LogP contribution in [-0.4, -0.2) is 9.97 Å². The highest BCUT2D eigenvalue weighted by molar-refractivity contribution is 7.16. The predicted molar refractivity (Wildman–Crippen MR) is 86.8 cm³/mol. The fraction of sp³-hybridized carbons (Fsp3) is 0. The Labute approximate surface area is 138 Å². The molecule has 5 nitrogen and oxygen atoms in total. The fourth-order valence-electron chi connectivity index (χ4n) is 1.66. The molecule has 0 aliphatic rings. The van der Waals surface area contributed by atoms with Crippen molar-refractivity contribution < 1.29 is 4.74 Å². The van der Waals surface area contributed by atoms with E-state index >= 15 is 0 Å². The van der Waals surface area contributed by atoms with Gasteiger partial charge in [-0.05, 0) is 17.5 Å². The number of hydrogen-bond donors (Lipinski definition) is 2. The third-order valence-corrected chi connectivity index (χ3v) is 4.42. The van der Waals surface area contributed by atoms with Crippen LogP contribution in [0.5, 0.6) is 11.6 Å². The number of nitrogens with zero attached hydrogens (tertiary/aromatic N) is 2. The lowest BCUT2D eigenvalue weighted by Crippen LogP contribution is -2.10. The molecule has 2 aromatic heterocycles. The van der Waals surface area contributed by atoms with Crippen molar-refractivity contribution in [2.24, 2.45) is 5.84 Å². The minimum atomic E-state index is 0.246. The first-order chi connectivity index (χ1) is 10.1. The zero-order chi connectivity index (χ0) is 15.0. The second-order valence-electron chi connectivity index (χ2n) is 3.93. The van der Waals surface area contributed by atoms with E-state index in [0.717, 1.165) is 10.2 Å². The molecular weight excluding hydrogens is 355 g/mol. The summed E-state index contributed by atoms with van der Waals surface area (Å²) in [4.78, 5) is 9.14. The number of aromatic nitrogens is 2. The minimum absolute atomic E-state index is 0.246. The molecule has 0 amide bonds. The number of rotatable bonds is 3. The number of ether oxygens (including phenoxy) is 1. The van der Waals surface area contributed by atoms with Gasteiger partial charge in [0.2, 0.25) is 11.8 Å². The zero-order valence-electron chi connectivity index (χ0n) is 10.2. The van der Waals surface area contributed by atoms with Crippen LogP contribution in [0.25, 0.3) is 10.2 Å². The highest BCUT2D eigenvalue weighted by atomic mass is 35.5. The number of nitrogen functional groups attached to an aromatic ring is 1. The lowest BCUT2D eigenvalue weighted by molar-refractivity contribution is 0.469. The molecule has 0 saturated heterocycles. The van der Waals surface area contributed by atoms with Crippen molar-refractivity contribution in [2.45, 2.75) is 0 Å². The highest BCUT2D eigenvalue weighted by Crippen LogP contribution is 2.38. The first kappa shape index (κ1) is 14.6. The second-order valence-corrected chi connectivity index (χ2v) is 6.05. The van der Waals surface area contributed by atoms with Gasteiger partial charge in [-0.3, -0.25) is 5.43 Å². The van der Waals surface area contributed by atoms with Crippen molar-refractivity contribution >= 4 is 62.3 Å². The Morgan fingerprint density at radius 2 is 1.86 bits per heavy atom. The number of halogens is 3. The summed E-state index contributed by atoms with van der Waals surface area (Å²) in [6.45, 7) is 0. The van der Waals surface area contributed by atoms with E-state index in [1.165, 1.54) is 23.5 Å². The molecule has 21 heavy (non-hydrogen) atoms. The molecule has 0 radical (unpaired) electrons. The minimum Gasteiger partial charge on any atom is -0.437 e. The number of anilines is 1. The van der Waals surface area contributed by atoms with Gasteiger partial charge in [0.1, 0.15) is 10.6 Å². The molecule has 0 aliphatic heterocycles. The second kappa shape index (κ2) is 5.82. The predicted octanol–water partition coefficient (Wildman–Crippen LogP) is 4.73. The lowest BCUT2D eigenvalue weighted by atomic mass is 10.3. The SMILES string of the molecule is NNc1nc(Oc2cc(Cl)c(Cl)cc2Cl)c2ccsc2n1. The molecule has 2 heterocycles. The number of nitrogens with one attached hydrogen (secondary N) is 1. The number of benzene rings is 1. The van der Waals surface area contributed by atoms with Gasteiger partial charge in [-0.15, -0.1) is 11.3 Å². The molecule has 0 bridgehead atoms. The van der Waals surface area contributed by atoms with Gasteiger partial charge in [0, 0.05) is 6.07 Å². The summed E-state index contributed by atoms with van der Waals surface area (Å²) >= 11 is 19.4. The summed E-state index contributed by atoms with van der Waals surface area (Å²) < 4.78 is 5.74. The topological polar surface area (TPSA) is 73.1 Å². The van der Waals surface area contributed by atoms with Gasteiger partial charge in [0.05, 0.1) is 20.5 Å². The standard InChI is InChI=1S/C12H7Cl3N4OS/c13-6-3-8(15)9(4-7(6)14)20-10-5-1-2-21-11(5)18-12(17-10)19-16/h1-4H,16H2,(H,17,18,19). The Morgan fingerprint density at radius 1 is 1.10 bits per heavy atom. The van der Waals surface area contributed by atoms with Gasteiger partial charge in [-0.1, -0.05) is 34.8 Å². The van der Waals surface area contributed by atoms with Crippen molar-refractivity contribution in [3.8, 4) is 11.6 Å². The van der Waals surface area contributed by atoms with E-state index in [4.69, 9.17) is 45.4 Å². The van der Waals surface area contributed by atoms with Crippen molar-refractivity contribution in [3.63, 3.8) is 0 Å². The first-order valence-corrected chi connectivity index (χ1v) is 7.64. The molecule has 0 atom stereocenters. The summed E-state index contributed by atoms with van der Waals surface area (Å²) in [5, 5.41) is 3.64. The normalized spacial score (nSPS) is 10.9. The van der Waals surface area contributed by atoms with Crippen LogP contribution in [0.3, 0.4) is 0 Å². The van der Waals surface area contributed by atoms with Gasteiger partial charge in [0.15, 0.2) is 0 Å². The van der Waals surface area contributed by atoms with Crippen LogP contribution in [-0.2, 0) is 0 Å². The van der Waals surface area contributed by atoms with E-state index < -0.39 is 0 Å². The largest absolute Gasteiger partial charge is 0.437 e. The Kier molecular flexibility index (Phi) is 4.05. The Hall–Kier alpha value is -1.31. The van der Waals surface area contributed by atoms with Crippen LogP contribution >= 0.6 is 46.1 Å². The van der Waals surface area contributed by atoms with Gasteiger partial charge in [-0.2, -0.15) is 4.98 Å². The molecule has 0 spiro atoms. The molecule has 9 heteroatoms. The van der Waals surface area contributed by atoms with Crippen LogP contribution < -0.4 is 16.0 Å². The summed E-state index contributed by atoms with van der Waals surface area (Å²) in [6, 6.07) is 4.89. The summed E-state index contributed by atoms with van der Waals surface area (Å²) in [7, 11) is 0. The average molecular weight is 362 g/mol. The van der Waals surface area contributed by atoms with E-state index in [2.05, 4.69) is 15.4 Å². The van der Waals surface area contributed by atoms with Crippen LogP contribution in [0.2, 0.25) is 15.1 Å². The number of nitrogens with two attached hydrogens (primary N) is 1. The quantitative estimate of drug-likeness (QED) is 0.401. The monoisotopic (exact) mass is 360 g/mol.